The van der Waals surface area contributed by atoms with Crippen LogP contribution in [0.15, 0.2) is 66.9 Å². The van der Waals surface area contributed by atoms with Gasteiger partial charge in [-0.2, -0.15) is 5.10 Å². The first-order valence-corrected chi connectivity index (χ1v) is 8.04. The Labute approximate surface area is 145 Å². The van der Waals surface area contributed by atoms with Crippen molar-refractivity contribution in [3.05, 3.63) is 88.7 Å². The van der Waals surface area contributed by atoms with Crippen molar-refractivity contribution in [1.82, 2.24) is 9.78 Å². The number of esters is 1. The highest BCUT2D eigenvalue weighted by Crippen LogP contribution is 2.22. The van der Waals surface area contributed by atoms with E-state index < -0.39 is 5.97 Å². The monoisotopic (exact) mass is 340 g/mol. The van der Waals surface area contributed by atoms with Gasteiger partial charge in [0.15, 0.2) is 0 Å². The number of hydrogen-bond acceptors (Lipinski definition) is 3. The van der Waals surface area contributed by atoms with Gasteiger partial charge in [0.05, 0.1) is 12.7 Å². The molecular weight excluding hydrogens is 324 g/mol. The van der Waals surface area contributed by atoms with Crippen molar-refractivity contribution >= 4 is 17.6 Å². The summed E-state index contributed by atoms with van der Waals surface area (Å²) in [7, 11) is 0. The lowest BCUT2D eigenvalue weighted by atomic mass is 10.1. The van der Waals surface area contributed by atoms with Crippen LogP contribution < -0.4 is 0 Å². The van der Waals surface area contributed by atoms with Crippen LogP contribution in [0.3, 0.4) is 0 Å². The Morgan fingerprint density at radius 1 is 1.12 bits per heavy atom. The molecule has 0 aliphatic heterocycles. The fourth-order valence-electron chi connectivity index (χ4n) is 2.39. The van der Waals surface area contributed by atoms with E-state index in [1.165, 1.54) is 6.20 Å². The van der Waals surface area contributed by atoms with Crippen LogP contribution in [-0.4, -0.2) is 15.7 Å². The van der Waals surface area contributed by atoms with Crippen molar-refractivity contribution in [2.24, 2.45) is 0 Å². The molecular formula is C19H17ClN2O2. The Hall–Kier alpha value is -2.59. The highest BCUT2D eigenvalue weighted by atomic mass is 35.5. The molecule has 1 atom stereocenters. The molecule has 1 aromatic heterocycles. The van der Waals surface area contributed by atoms with Gasteiger partial charge in [-0.15, -0.1) is 0 Å². The van der Waals surface area contributed by atoms with Crippen LogP contribution in [0.2, 0.25) is 5.15 Å². The van der Waals surface area contributed by atoms with Gasteiger partial charge in [0.2, 0.25) is 0 Å². The standard InChI is InChI=1S/C19H17ClN2O2/c1-14(16-10-6-3-7-11-16)24-19(23)17-12-21-22(18(17)20)13-15-8-4-2-5-9-15/h2-12,14H,13H2,1H3/t14-/m0/s1. The Kier molecular flexibility index (Phi) is 4.96. The van der Waals surface area contributed by atoms with Crippen LogP contribution >= 0.6 is 11.6 Å². The average molecular weight is 341 g/mol. The van der Waals surface area contributed by atoms with Gasteiger partial charge in [-0.05, 0) is 18.1 Å². The maximum absolute atomic E-state index is 12.4. The van der Waals surface area contributed by atoms with E-state index in [1.54, 1.807) is 4.68 Å². The van der Waals surface area contributed by atoms with Crippen LogP contribution in [0, 0.1) is 0 Å². The van der Waals surface area contributed by atoms with E-state index in [0.717, 1.165) is 11.1 Å². The zero-order chi connectivity index (χ0) is 16.9. The number of hydrogen-bond donors (Lipinski definition) is 0. The van der Waals surface area contributed by atoms with E-state index in [1.807, 2.05) is 67.6 Å². The van der Waals surface area contributed by atoms with Crippen molar-refractivity contribution in [3.8, 4) is 0 Å². The number of ether oxygens (including phenoxy) is 1. The van der Waals surface area contributed by atoms with Gasteiger partial charge in [-0.1, -0.05) is 72.3 Å². The summed E-state index contributed by atoms with van der Waals surface area (Å²) < 4.78 is 7.07. The average Bonchev–Trinajstić information content (AvgIpc) is 2.97. The van der Waals surface area contributed by atoms with E-state index in [2.05, 4.69) is 5.10 Å². The summed E-state index contributed by atoms with van der Waals surface area (Å²) >= 11 is 6.30. The second-order valence-corrected chi connectivity index (χ2v) is 5.81. The Morgan fingerprint density at radius 3 is 2.42 bits per heavy atom. The highest BCUT2D eigenvalue weighted by Gasteiger charge is 2.20. The van der Waals surface area contributed by atoms with Gasteiger partial charge in [0.1, 0.15) is 16.8 Å². The lowest BCUT2D eigenvalue weighted by molar-refractivity contribution is 0.0338. The van der Waals surface area contributed by atoms with Crippen LogP contribution in [-0.2, 0) is 11.3 Å². The molecule has 0 fully saturated rings. The Morgan fingerprint density at radius 2 is 1.75 bits per heavy atom. The minimum Gasteiger partial charge on any atom is -0.454 e. The smallest absolute Gasteiger partial charge is 0.343 e. The third kappa shape index (κ3) is 3.66. The Bertz CT molecular complexity index is 816. The van der Waals surface area contributed by atoms with Crippen LogP contribution in [0.1, 0.15) is 34.5 Å². The summed E-state index contributed by atoms with van der Waals surface area (Å²) in [4.78, 5) is 12.4. The number of aromatic nitrogens is 2. The highest BCUT2D eigenvalue weighted by molar-refractivity contribution is 6.32. The number of nitrogens with zero attached hydrogens (tertiary/aromatic N) is 2. The Balaban J connectivity index is 1.72. The molecule has 0 spiro atoms. The SMILES string of the molecule is C[C@H](OC(=O)c1cnn(Cc2ccccc2)c1Cl)c1ccccc1. The lowest BCUT2D eigenvalue weighted by Crippen LogP contribution is -2.09. The number of halogens is 1. The molecule has 0 radical (unpaired) electrons. The second-order valence-electron chi connectivity index (χ2n) is 5.45. The molecule has 0 saturated carbocycles. The first-order valence-electron chi connectivity index (χ1n) is 7.66. The normalized spacial score (nSPS) is 11.9. The van der Waals surface area contributed by atoms with Crippen molar-refractivity contribution in [2.45, 2.75) is 19.6 Å². The molecule has 5 heteroatoms. The number of carbonyl (C=O) groups is 1. The molecule has 0 bridgehead atoms. The molecule has 4 nitrogen and oxygen atoms in total. The molecule has 122 valence electrons. The quantitative estimate of drug-likeness (QED) is 0.642. The number of benzene rings is 2. The minimum atomic E-state index is -0.476. The molecule has 3 aromatic rings. The number of rotatable bonds is 5. The summed E-state index contributed by atoms with van der Waals surface area (Å²) in [6, 6.07) is 19.4. The van der Waals surface area contributed by atoms with Gasteiger partial charge in [0.25, 0.3) is 0 Å². The topological polar surface area (TPSA) is 44.1 Å². The van der Waals surface area contributed by atoms with Crippen molar-refractivity contribution in [3.63, 3.8) is 0 Å². The van der Waals surface area contributed by atoms with Crippen molar-refractivity contribution in [2.75, 3.05) is 0 Å². The van der Waals surface area contributed by atoms with E-state index in [-0.39, 0.29) is 16.8 Å². The van der Waals surface area contributed by atoms with E-state index >= 15 is 0 Å². The maximum atomic E-state index is 12.4. The third-order valence-corrected chi connectivity index (χ3v) is 4.12. The molecule has 0 amide bonds. The summed E-state index contributed by atoms with van der Waals surface area (Å²) in [5.41, 5.74) is 2.26. The van der Waals surface area contributed by atoms with Gasteiger partial charge in [0, 0.05) is 0 Å². The molecule has 0 aliphatic rings. The second kappa shape index (κ2) is 7.32. The summed E-state index contributed by atoms with van der Waals surface area (Å²) in [5.74, 6) is -0.476. The predicted octanol–water partition coefficient (Wildman–Crippen LogP) is 4.50. The molecule has 1 heterocycles. The minimum absolute atomic E-state index is 0.273. The van der Waals surface area contributed by atoms with Crippen molar-refractivity contribution in [1.29, 1.82) is 0 Å². The predicted molar refractivity (Wildman–Crippen MR) is 93.1 cm³/mol. The van der Waals surface area contributed by atoms with Gasteiger partial charge in [-0.25, -0.2) is 9.48 Å². The summed E-state index contributed by atoms with van der Waals surface area (Å²) in [6.07, 6.45) is 1.10. The van der Waals surface area contributed by atoms with E-state index in [9.17, 15) is 4.79 Å². The lowest BCUT2D eigenvalue weighted by Gasteiger charge is -2.13. The first-order chi connectivity index (χ1) is 11.6. The zero-order valence-corrected chi connectivity index (χ0v) is 14.0. The van der Waals surface area contributed by atoms with Crippen molar-refractivity contribution < 1.29 is 9.53 Å². The van der Waals surface area contributed by atoms with Crippen LogP contribution in [0.5, 0.6) is 0 Å². The largest absolute Gasteiger partial charge is 0.454 e. The third-order valence-electron chi connectivity index (χ3n) is 3.72. The molecule has 0 saturated heterocycles. The summed E-state index contributed by atoms with van der Waals surface area (Å²) in [5, 5.41) is 4.48. The van der Waals surface area contributed by atoms with Gasteiger partial charge in [-0.3, -0.25) is 0 Å². The summed E-state index contributed by atoms with van der Waals surface area (Å²) in [6.45, 7) is 2.33. The molecule has 0 aliphatic carbocycles. The maximum Gasteiger partial charge on any atom is 0.343 e. The molecule has 2 aromatic carbocycles. The van der Waals surface area contributed by atoms with E-state index in [0.29, 0.717) is 6.54 Å². The fraction of sp³-hybridized carbons (Fsp3) is 0.158. The molecule has 0 unspecified atom stereocenters. The van der Waals surface area contributed by atoms with Crippen LogP contribution in [0.4, 0.5) is 0 Å². The molecule has 3 rings (SSSR count). The molecule has 24 heavy (non-hydrogen) atoms. The zero-order valence-electron chi connectivity index (χ0n) is 13.2. The fourth-order valence-corrected chi connectivity index (χ4v) is 2.62. The van der Waals surface area contributed by atoms with Gasteiger partial charge >= 0.3 is 5.97 Å². The number of carbonyl (C=O) groups excluding carboxylic acids is 1. The van der Waals surface area contributed by atoms with Crippen LogP contribution in [0.25, 0.3) is 0 Å². The molecule has 0 N–H and O–H groups in total. The first kappa shape index (κ1) is 16.3. The van der Waals surface area contributed by atoms with Gasteiger partial charge < -0.3 is 4.74 Å². The van der Waals surface area contributed by atoms with E-state index in [4.69, 9.17) is 16.3 Å².